The Labute approximate surface area is 119 Å². The molecule has 3 rings (SSSR count). The predicted octanol–water partition coefficient (Wildman–Crippen LogP) is 2.28. The highest BCUT2D eigenvalue weighted by molar-refractivity contribution is 7.71. The van der Waals surface area contributed by atoms with Crippen LogP contribution in [0.2, 0.25) is 0 Å². The molecule has 0 aliphatic rings. The van der Waals surface area contributed by atoms with Crippen LogP contribution >= 0.6 is 12.2 Å². The summed E-state index contributed by atoms with van der Waals surface area (Å²) >= 11 is 5.18. The van der Waals surface area contributed by atoms with Gasteiger partial charge in [0.15, 0.2) is 0 Å². The molecule has 1 N–H and O–H groups in total. The first kappa shape index (κ1) is 12.4. The molecule has 0 aliphatic heterocycles. The van der Waals surface area contributed by atoms with Crippen LogP contribution in [0.1, 0.15) is 5.56 Å². The molecular weight excluding hydrogens is 272 g/mol. The zero-order valence-corrected chi connectivity index (χ0v) is 11.2. The summed E-state index contributed by atoms with van der Waals surface area (Å²) in [6.45, 7) is 0. The number of pyridine rings is 2. The fourth-order valence-electron chi connectivity index (χ4n) is 1.63. The zero-order chi connectivity index (χ0) is 13.8. The fourth-order valence-corrected chi connectivity index (χ4v) is 1.81. The second-order valence-electron chi connectivity index (χ2n) is 3.90. The van der Waals surface area contributed by atoms with E-state index in [1.165, 1.54) is 4.68 Å². The molecule has 3 aromatic rings. The molecular formula is C13H10N6S. The largest absolute Gasteiger partial charge is 0.265 e. The number of nitrogens with one attached hydrogen (secondary N) is 1. The monoisotopic (exact) mass is 282 g/mol. The topological polar surface area (TPSA) is 71.8 Å². The lowest BCUT2D eigenvalue weighted by Crippen LogP contribution is -1.96. The Kier molecular flexibility index (Phi) is 3.42. The van der Waals surface area contributed by atoms with E-state index in [1.54, 1.807) is 24.8 Å². The van der Waals surface area contributed by atoms with Gasteiger partial charge in [-0.1, -0.05) is 6.07 Å². The van der Waals surface area contributed by atoms with Crippen molar-refractivity contribution in [1.82, 2.24) is 24.8 Å². The van der Waals surface area contributed by atoms with Crippen LogP contribution in [0.5, 0.6) is 0 Å². The van der Waals surface area contributed by atoms with Crippen molar-refractivity contribution in [3.63, 3.8) is 0 Å². The summed E-state index contributed by atoms with van der Waals surface area (Å²) in [6.07, 6.45) is 6.80. The van der Waals surface area contributed by atoms with Gasteiger partial charge in [0.1, 0.15) is 5.69 Å². The van der Waals surface area contributed by atoms with Crippen LogP contribution in [-0.2, 0) is 0 Å². The first-order chi connectivity index (χ1) is 9.84. The molecule has 0 bridgehead atoms. The lowest BCUT2D eigenvalue weighted by Gasteiger charge is -1.99. The zero-order valence-electron chi connectivity index (χ0n) is 10.3. The van der Waals surface area contributed by atoms with Crippen molar-refractivity contribution in [2.75, 3.05) is 0 Å². The molecule has 0 saturated carbocycles. The minimum Gasteiger partial charge on any atom is -0.265 e. The van der Waals surface area contributed by atoms with Gasteiger partial charge in [-0.05, 0) is 42.0 Å². The molecule has 0 radical (unpaired) electrons. The molecule has 0 unspecified atom stereocenters. The van der Waals surface area contributed by atoms with Gasteiger partial charge in [-0.3, -0.25) is 9.97 Å². The van der Waals surface area contributed by atoms with Crippen molar-refractivity contribution in [2.45, 2.75) is 0 Å². The van der Waals surface area contributed by atoms with Gasteiger partial charge in [0.05, 0.1) is 6.21 Å². The van der Waals surface area contributed by atoms with Gasteiger partial charge in [-0.25, -0.2) is 5.10 Å². The molecule has 7 heteroatoms. The Morgan fingerprint density at radius 2 is 2.00 bits per heavy atom. The number of aromatic amines is 1. The molecule has 0 atom stereocenters. The van der Waals surface area contributed by atoms with Crippen LogP contribution in [0.3, 0.4) is 0 Å². The van der Waals surface area contributed by atoms with Crippen molar-refractivity contribution in [3.05, 3.63) is 59.3 Å². The fraction of sp³-hybridized carbons (Fsp3) is 0. The molecule has 6 nitrogen and oxygen atoms in total. The Bertz CT molecular complexity index is 775. The summed E-state index contributed by atoms with van der Waals surface area (Å²) in [5, 5.41) is 11.2. The molecule has 0 spiro atoms. The van der Waals surface area contributed by atoms with Crippen LogP contribution < -0.4 is 0 Å². The molecule has 0 fully saturated rings. The van der Waals surface area contributed by atoms with Gasteiger partial charge in [0.25, 0.3) is 0 Å². The summed E-state index contributed by atoms with van der Waals surface area (Å²) in [6, 6.07) is 9.29. The summed E-state index contributed by atoms with van der Waals surface area (Å²) in [4.78, 5) is 8.20. The molecule has 0 amide bonds. The number of rotatable bonds is 3. The molecule has 98 valence electrons. The first-order valence-corrected chi connectivity index (χ1v) is 6.28. The maximum Gasteiger partial charge on any atom is 0.216 e. The number of hydrogen-bond acceptors (Lipinski definition) is 5. The lowest BCUT2D eigenvalue weighted by molar-refractivity contribution is 0.867. The van der Waals surface area contributed by atoms with E-state index in [-0.39, 0.29) is 0 Å². The van der Waals surface area contributed by atoms with Gasteiger partial charge in [0, 0.05) is 18.6 Å². The van der Waals surface area contributed by atoms with Crippen molar-refractivity contribution in [2.24, 2.45) is 5.10 Å². The summed E-state index contributed by atoms with van der Waals surface area (Å²) in [5.74, 6) is 0.570. The van der Waals surface area contributed by atoms with Crippen molar-refractivity contribution < 1.29 is 0 Å². The minimum absolute atomic E-state index is 0.413. The lowest BCUT2D eigenvalue weighted by atomic mass is 10.3. The van der Waals surface area contributed by atoms with Crippen molar-refractivity contribution in [1.29, 1.82) is 0 Å². The van der Waals surface area contributed by atoms with Gasteiger partial charge in [-0.15, -0.1) is 0 Å². The van der Waals surface area contributed by atoms with E-state index in [4.69, 9.17) is 12.2 Å². The maximum absolute atomic E-state index is 5.18. The van der Waals surface area contributed by atoms with Crippen molar-refractivity contribution in [3.8, 4) is 11.5 Å². The second-order valence-corrected chi connectivity index (χ2v) is 4.29. The number of hydrogen-bond donors (Lipinski definition) is 1. The highest BCUT2D eigenvalue weighted by atomic mass is 32.1. The first-order valence-electron chi connectivity index (χ1n) is 5.88. The van der Waals surface area contributed by atoms with Crippen LogP contribution in [0.25, 0.3) is 11.5 Å². The Morgan fingerprint density at radius 1 is 1.15 bits per heavy atom. The highest BCUT2D eigenvalue weighted by Gasteiger charge is 2.08. The molecule has 0 aromatic carbocycles. The maximum atomic E-state index is 5.18. The second kappa shape index (κ2) is 5.54. The number of H-pyrrole nitrogens is 1. The third-order valence-electron chi connectivity index (χ3n) is 2.57. The van der Waals surface area contributed by atoms with Gasteiger partial charge >= 0.3 is 0 Å². The quantitative estimate of drug-likeness (QED) is 0.591. The minimum atomic E-state index is 0.413. The Balaban J connectivity index is 2.01. The third-order valence-corrected chi connectivity index (χ3v) is 2.84. The van der Waals surface area contributed by atoms with Crippen LogP contribution in [0.4, 0.5) is 0 Å². The average molecular weight is 282 g/mol. The molecule has 3 heterocycles. The summed E-state index contributed by atoms with van der Waals surface area (Å²) in [7, 11) is 0. The smallest absolute Gasteiger partial charge is 0.216 e. The molecule has 20 heavy (non-hydrogen) atoms. The van der Waals surface area contributed by atoms with E-state index in [9.17, 15) is 0 Å². The van der Waals surface area contributed by atoms with E-state index < -0.39 is 0 Å². The Morgan fingerprint density at radius 3 is 2.75 bits per heavy atom. The SMILES string of the molecule is S=c1[nH]nc(-c2ccccn2)n1N=Cc1ccncc1. The van der Waals surface area contributed by atoms with E-state index in [2.05, 4.69) is 25.3 Å². The van der Waals surface area contributed by atoms with Crippen LogP contribution in [-0.4, -0.2) is 31.1 Å². The van der Waals surface area contributed by atoms with Crippen molar-refractivity contribution >= 4 is 18.4 Å². The van der Waals surface area contributed by atoms with E-state index in [0.29, 0.717) is 16.3 Å². The standard InChI is InChI=1S/C13H10N6S/c20-13-18-17-12(11-3-1-2-6-15-11)19(13)16-9-10-4-7-14-8-5-10/h1-9H,(H,18,20). The third kappa shape index (κ3) is 2.52. The van der Waals surface area contributed by atoms with Crippen LogP contribution in [0, 0.1) is 4.77 Å². The number of aromatic nitrogens is 5. The van der Waals surface area contributed by atoms with E-state index in [1.807, 2.05) is 30.3 Å². The Hall–Kier alpha value is -2.67. The predicted molar refractivity (Wildman–Crippen MR) is 77.9 cm³/mol. The van der Waals surface area contributed by atoms with Gasteiger partial charge in [-0.2, -0.15) is 14.9 Å². The number of nitrogens with zero attached hydrogens (tertiary/aromatic N) is 5. The molecule has 0 saturated heterocycles. The van der Waals surface area contributed by atoms with Gasteiger partial charge < -0.3 is 0 Å². The molecule has 0 aliphatic carbocycles. The van der Waals surface area contributed by atoms with Gasteiger partial charge in [0.2, 0.25) is 10.6 Å². The van der Waals surface area contributed by atoms with E-state index in [0.717, 1.165) is 5.56 Å². The van der Waals surface area contributed by atoms with Crippen LogP contribution in [0.15, 0.2) is 54.0 Å². The summed E-state index contributed by atoms with van der Waals surface area (Å²) < 4.78 is 1.95. The summed E-state index contributed by atoms with van der Waals surface area (Å²) in [5.41, 5.74) is 1.63. The average Bonchev–Trinajstić information content (AvgIpc) is 2.88. The normalized spacial score (nSPS) is 11.0. The highest BCUT2D eigenvalue weighted by Crippen LogP contribution is 2.13. The molecule has 3 aromatic heterocycles. The van der Waals surface area contributed by atoms with E-state index >= 15 is 0 Å².